The minimum atomic E-state index is -0.0505. The van der Waals surface area contributed by atoms with E-state index in [9.17, 15) is 9.59 Å². The van der Waals surface area contributed by atoms with E-state index in [4.69, 9.17) is 0 Å². The number of hydrogen-bond donors (Lipinski definition) is 1. The third-order valence-corrected chi connectivity index (χ3v) is 5.24. The van der Waals surface area contributed by atoms with E-state index in [0.29, 0.717) is 26.1 Å². The van der Waals surface area contributed by atoms with Gasteiger partial charge in [-0.2, -0.15) is 0 Å². The van der Waals surface area contributed by atoms with Gasteiger partial charge in [0.15, 0.2) is 0 Å². The Morgan fingerprint density at radius 1 is 0.966 bits per heavy atom. The average Bonchev–Trinajstić information content (AvgIpc) is 3.03. The second kappa shape index (κ2) is 9.96. The van der Waals surface area contributed by atoms with Crippen LogP contribution >= 0.6 is 0 Å². The molecule has 1 N–H and O–H groups in total. The molecule has 0 radical (unpaired) electrons. The fraction of sp³-hybridized carbons (Fsp3) is 0.391. The Morgan fingerprint density at radius 3 is 2.31 bits per heavy atom. The van der Waals surface area contributed by atoms with Crippen molar-refractivity contribution in [3.63, 3.8) is 0 Å². The first-order valence-electron chi connectivity index (χ1n) is 10.3. The first-order valence-corrected chi connectivity index (χ1v) is 10.3. The molecule has 3 aromatic rings. The van der Waals surface area contributed by atoms with Crippen LogP contribution in [0.1, 0.15) is 26.2 Å². The van der Waals surface area contributed by atoms with Crippen molar-refractivity contribution >= 4 is 22.6 Å². The molecule has 0 aliphatic carbocycles. The smallest absolute Gasteiger partial charge is 0.329 e. The van der Waals surface area contributed by atoms with Crippen LogP contribution in [0.3, 0.4) is 0 Å². The number of nitrogens with one attached hydrogen (secondary N) is 1. The highest BCUT2D eigenvalue weighted by Crippen LogP contribution is 2.13. The molecule has 0 atom stereocenters. The van der Waals surface area contributed by atoms with E-state index in [1.165, 1.54) is 5.69 Å². The summed E-state index contributed by atoms with van der Waals surface area (Å²) in [7, 11) is 2.08. The summed E-state index contributed by atoms with van der Waals surface area (Å²) in [6.45, 7) is 4.59. The molecule has 3 rings (SSSR count). The first kappa shape index (κ1) is 20.7. The van der Waals surface area contributed by atoms with Crippen LogP contribution in [0.15, 0.2) is 59.4 Å². The molecule has 1 heterocycles. The Morgan fingerprint density at radius 2 is 1.62 bits per heavy atom. The normalized spacial score (nSPS) is 11.0. The number of amides is 1. The zero-order chi connectivity index (χ0) is 20.6. The van der Waals surface area contributed by atoms with E-state index in [-0.39, 0.29) is 11.6 Å². The molecule has 29 heavy (non-hydrogen) atoms. The number of anilines is 1. The van der Waals surface area contributed by atoms with Gasteiger partial charge in [0.1, 0.15) is 0 Å². The Balaban J connectivity index is 1.42. The van der Waals surface area contributed by atoms with Crippen LogP contribution in [0.5, 0.6) is 0 Å². The van der Waals surface area contributed by atoms with Crippen molar-refractivity contribution in [2.24, 2.45) is 0 Å². The number of aromatic nitrogens is 2. The second-order valence-corrected chi connectivity index (χ2v) is 7.23. The molecule has 0 aliphatic heterocycles. The number of hydrogen-bond acceptors (Lipinski definition) is 3. The predicted molar refractivity (Wildman–Crippen MR) is 118 cm³/mol. The maximum Gasteiger partial charge on any atom is 0.329 e. The standard InChI is InChI=1S/C23H30N4O2/c1-3-26-20-13-7-8-14-21(20)27(23(26)29)18-15-22(28)24-16-9-10-17-25(2)19-11-5-4-6-12-19/h4-8,11-14H,3,9-10,15-18H2,1-2H3,(H,24,28). The molecule has 1 aromatic heterocycles. The van der Waals surface area contributed by atoms with Crippen LogP contribution in [0, 0.1) is 0 Å². The number of rotatable bonds is 10. The highest BCUT2D eigenvalue weighted by Gasteiger charge is 2.12. The Kier molecular flexibility index (Phi) is 7.11. The number of fused-ring (bicyclic) bond motifs is 1. The second-order valence-electron chi connectivity index (χ2n) is 7.23. The number of carbonyl (C=O) groups excluding carboxylic acids is 1. The summed E-state index contributed by atoms with van der Waals surface area (Å²) in [4.78, 5) is 27.0. The molecule has 0 saturated heterocycles. The summed E-state index contributed by atoms with van der Waals surface area (Å²) in [6.07, 6.45) is 2.24. The summed E-state index contributed by atoms with van der Waals surface area (Å²) in [5, 5.41) is 2.98. The minimum Gasteiger partial charge on any atom is -0.375 e. The molecular formula is C23H30N4O2. The van der Waals surface area contributed by atoms with Crippen molar-refractivity contribution in [2.45, 2.75) is 39.3 Å². The molecule has 1 amide bonds. The molecule has 0 unspecified atom stereocenters. The van der Waals surface area contributed by atoms with Gasteiger partial charge < -0.3 is 10.2 Å². The number of aryl methyl sites for hydroxylation is 2. The Hall–Kier alpha value is -3.02. The highest BCUT2D eigenvalue weighted by atomic mass is 16.2. The van der Waals surface area contributed by atoms with Crippen molar-refractivity contribution in [2.75, 3.05) is 25.0 Å². The average molecular weight is 395 g/mol. The van der Waals surface area contributed by atoms with Gasteiger partial charge in [0.25, 0.3) is 0 Å². The molecule has 6 nitrogen and oxygen atoms in total. The quantitative estimate of drug-likeness (QED) is 0.537. The van der Waals surface area contributed by atoms with Crippen LogP contribution in [0.4, 0.5) is 5.69 Å². The fourth-order valence-electron chi connectivity index (χ4n) is 3.61. The lowest BCUT2D eigenvalue weighted by Gasteiger charge is -2.19. The zero-order valence-electron chi connectivity index (χ0n) is 17.3. The van der Waals surface area contributed by atoms with Gasteiger partial charge in [-0.3, -0.25) is 13.9 Å². The maximum absolute atomic E-state index is 12.6. The van der Waals surface area contributed by atoms with Crippen LogP contribution in [0.25, 0.3) is 11.0 Å². The Bertz CT molecular complexity index is 991. The molecule has 6 heteroatoms. The van der Waals surface area contributed by atoms with Crippen molar-refractivity contribution in [1.29, 1.82) is 0 Å². The van der Waals surface area contributed by atoms with E-state index < -0.39 is 0 Å². The zero-order valence-corrected chi connectivity index (χ0v) is 17.3. The fourth-order valence-corrected chi connectivity index (χ4v) is 3.61. The van der Waals surface area contributed by atoms with Gasteiger partial charge in [0.05, 0.1) is 11.0 Å². The summed E-state index contributed by atoms with van der Waals surface area (Å²) < 4.78 is 3.45. The van der Waals surface area contributed by atoms with E-state index in [2.05, 4.69) is 29.4 Å². The van der Waals surface area contributed by atoms with Crippen molar-refractivity contribution in [1.82, 2.24) is 14.5 Å². The lowest BCUT2D eigenvalue weighted by Crippen LogP contribution is -2.29. The molecule has 154 valence electrons. The monoisotopic (exact) mass is 394 g/mol. The molecule has 0 spiro atoms. The van der Waals surface area contributed by atoms with Crippen LogP contribution in [-0.4, -0.2) is 35.2 Å². The van der Waals surface area contributed by atoms with Crippen molar-refractivity contribution in [3.8, 4) is 0 Å². The molecular weight excluding hydrogens is 364 g/mol. The number of nitrogens with zero attached hydrogens (tertiary/aromatic N) is 3. The van der Waals surface area contributed by atoms with Crippen molar-refractivity contribution < 1.29 is 4.79 Å². The van der Waals surface area contributed by atoms with E-state index in [1.807, 2.05) is 49.4 Å². The topological polar surface area (TPSA) is 59.3 Å². The highest BCUT2D eigenvalue weighted by molar-refractivity contribution is 5.78. The van der Waals surface area contributed by atoms with E-state index in [0.717, 1.165) is 30.4 Å². The number of benzene rings is 2. The van der Waals surface area contributed by atoms with Crippen molar-refractivity contribution in [3.05, 3.63) is 65.1 Å². The van der Waals surface area contributed by atoms with Gasteiger partial charge in [-0.25, -0.2) is 4.79 Å². The molecule has 0 bridgehead atoms. The van der Waals surface area contributed by atoms with Crippen LogP contribution in [0.2, 0.25) is 0 Å². The third kappa shape index (κ3) is 5.08. The van der Waals surface area contributed by atoms with E-state index >= 15 is 0 Å². The summed E-state index contributed by atoms with van der Waals surface area (Å²) in [6, 6.07) is 18.0. The summed E-state index contributed by atoms with van der Waals surface area (Å²) >= 11 is 0. The van der Waals surface area contributed by atoms with Gasteiger partial charge in [-0.05, 0) is 44.0 Å². The lowest BCUT2D eigenvalue weighted by atomic mass is 10.2. The third-order valence-electron chi connectivity index (χ3n) is 5.24. The van der Waals surface area contributed by atoms with Gasteiger partial charge in [0, 0.05) is 45.3 Å². The number of imidazole rings is 1. The predicted octanol–water partition coefficient (Wildman–Crippen LogP) is 3.25. The summed E-state index contributed by atoms with van der Waals surface area (Å²) in [5.74, 6) is -0.0124. The molecule has 0 saturated carbocycles. The molecule has 2 aromatic carbocycles. The van der Waals surface area contributed by atoms with Crippen LogP contribution < -0.4 is 15.9 Å². The van der Waals surface area contributed by atoms with Gasteiger partial charge in [-0.1, -0.05) is 30.3 Å². The van der Waals surface area contributed by atoms with Gasteiger partial charge in [-0.15, -0.1) is 0 Å². The lowest BCUT2D eigenvalue weighted by molar-refractivity contribution is -0.121. The largest absolute Gasteiger partial charge is 0.375 e. The van der Waals surface area contributed by atoms with Gasteiger partial charge in [0.2, 0.25) is 5.91 Å². The van der Waals surface area contributed by atoms with Gasteiger partial charge >= 0.3 is 5.69 Å². The molecule has 0 aliphatic rings. The Labute approximate surface area is 171 Å². The summed E-state index contributed by atoms with van der Waals surface area (Å²) in [5.41, 5.74) is 2.96. The molecule has 0 fully saturated rings. The van der Waals surface area contributed by atoms with E-state index in [1.54, 1.807) is 9.13 Å². The maximum atomic E-state index is 12.6. The first-order chi connectivity index (χ1) is 14.1. The number of unbranched alkanes of at least 4 members (excludes halogenated alkanes) is 1. The SMILES string of the molecule is CCn1c(=O)n(CCC(=O)NCCCCN(C)c2ccccc2)c2ccccc21. The van der Waals surface area contributed by atoms with Crippen LogP contribution in [-0.2, 0) is 17.9 Å². The minimum absolute atomic E-state index is 0.0124. The number of para-hydroxylation sites is 3. The number of carbonyl (C=O) groups is 1.